The van der Waals surface area contributed by atoms with Crippen LogP contribution in [0.4, 0.5) is 0 Å². The molecule has 3 heteroatoms. The summed E-state index contributed by atoms with van der Waals surface area (Å²) >= 11 is 0. The molecule has 0 atom stereocenters. The van der Waals surface area contributed by atoms with Crippen LogP contribution in [0.5, 0.6) is 0 Å². The minimum absolute atomic E-state index is 0.413. The Kier molecular flexibility index (Phi) is 6.22. The van der Waals surface area contributed by atoms with E-state index in [0.717, 1.165) is 25.9 Å². The number of aldehydes is 1. The molecule has 0 spiro atoms. The predicted molar refractivity (Wildman–Crippen MR) is 70.4 cm³/mol. The molecule has 0 heterocycles. The third kappa shape index (κ3) is 4.51. The molecule has 1 aromatic rings. The first kappa shape index (κ1) is 13.6. The minimum atomic E-state index is 0.413. The van der Waals surface area contributed by atoms with E-state index < -0.39 is 0 Å². The fraction of sp³-hybridized carbons (Fsp3) is 0.357. The monoisotopic (exact) mass is 232 g/mol. The number of carbonyl (C=O) groups excluding carboxylic acids is 1. The quantitative estimate of drug-likeness (QED) is 0.389. The van der Waals surface area contributed by atoms with Gasteiger partial charge in [0.25, 0.3) is 0 Å². The lowest BCUT2D eigenvalue weighted by atomic mass is 10.2. The summed E-state index contributed by atoms with van der Waals surface area (Å²) < 4.78 is 0. The Bertz CT molecular complexity index is 337. The smallest absolute Gasteiger partial charge is 0.135 e. The van der Waals surface area contributed by atoms with Crippen molar-refractivity contribution in [2.75, 3.05) is 19.6 Å². The van der Waals surface area contributed by atoms with Crippen molar-refractivity contribution in [1.82, 2.24) is 10.0 Å². The number of likely N-dealkylation sites (N-methyl/N-ethyl adjacent to an activating group) is 1. The lowest BCUT2D eigenvalue weighted by Crippen LogP contribution is -2.43. The highest BCUT2D eigenvalue weighted by molar-refractivity contribution is 5.51. The highest BCUT2D eigenvalue weighted by Crippen LogP contribution is 2.07. The van der Waals surface area contributed by atoms with Gasteiger partial charge in [-0.2, -0.15) is 0 Å². The van der Waals surface area contributed by atoms with Crippen LogP contribution >= 0.6 is 0 Å². The second-order valence-electron chi connectivity index (χ2n) is 3.79. The molecule has 1 rings (SSSR count). The second kappa shape index (κ2) is 7.76. The standard InChI is InChI=1S/C14H20N2O/c1-3-10-15(4-2)16(11-12-17)13-14-8-6-5-7-9-14/h3,5-9,12H,1,4,10-11,13H2,2H3. The zero-order chi connectivity index (χ0) is 12.5. The number of hydrazine groups is 1. The normalized spacial score (nSPS) is 10.8. The highest BCUT2D eigenvalue weighted by Gasteiger charge is 2.12. The summed E-state index contributed by atoms with van der Waals surface area (Å²) in [4.78, 5) is 10.7. The molecule has 0 saturated heterocycles. The summed E-state index contributed by atoms with van der Waals surface area (Å²) in [6.45, 7) is 8.61. The van der Waals surface area contributed by atoms with Gasteiger partial charge < -0.3 is 4.79 Å². The third-order valence-corrected chi connectivity index (χ3v) is 2.60. The van der Waals surface area contributed by atoms with Crippen LogP contribution in [0.1, 0.15) is 12.5 Å². The maximum absolute atomic E-state index is 10.7. The van der Waals surface area contributed by atoms with Crippen molar-refractivity contribution in [3.05, 3.63) is 48.6 Å². The first-order valence-electron chi connectivity index (χ1n) is 5.90. The Hall–Kier alpha value is -1.45. The maximum Gasteiger partial charge on any atom is 0.135 e. The summed E-state index contributed by atoms with van der Waals surface area (Å²) in [5.74, 6) is 0. The van der Waals surface area contributed by atoms with E-state index in [0.29, 0.717) is 6.54 Å². The van der Waals surface area contributed by atoms with Gasteiger partial charge in [-0.25, -0.2) is 10.0 Å². The molecule has 3 nitrogen and oxygen atoms in total. The van der Waals surface area contributed by atoms with E-state index in [1.165, 1.54) is 5.56 Å². The third-order valence-electron chi connectivity index (χ3n) is 2.60. The fourth-order valence-corrected chi connectivity index (χ4v) is 1.75. The van der Waals surface area contributed by atoms with E-state index in [2.05, 4.69) is 30.6 Å². The van der Waals surface area contributed by atoms with Crippen LogP contribution in [-0.4, -0.2) is 35.9 Å². The summed E-state index contributed by atoms with van der Waals surface area (Å²) in [5, 5.41) is 4.17. The van der Waals surface area contributed by atoms with Crippen molar-refractivity contribution in [3.63, 3.8) is 0 Å². The number of rotatable bonds is 8. The summed E-state index contributed by atoms with van der Waals surface area (Å²) in [7, 11) is 0. The second-order valence-corrected chi connectivity index (χ2v) is 3.79. The number of carbonyl (C=O) groups is 1. The molecule has 0 bridgehead atoms. The lowest BCUT2D eigenvalue weighted by Gasteiger charge is -2.32. The van der Waals surface area contributed by atoms with Crippen molar-refractivity contribution in [2.45, 2.75) is 13.5 Å². The average Bonchev–Trinajstić information content (AvgIpc) is 2.37. The Morgan fingerprint density at radius 1 is 1.18 bits per heavy atom. The van der Waals surface area contributed by atoms with Crippen LogP contribution in [0.15, 0.2) is 43.0 Å². The van der Waals surface area contributed by atoms with Gasteiger partial charge in [-0.3, -0.25) is 0 Å². The molecule has 1 aromatic carbocycles. The van der Waals surface area contributed by atoms with Crippen LogP contribution in [0.2, 0.25) is 0 Å². The van der Waals surface area contributed by atoms with Crippen LogP contribution in [0, 0.1) is 0 Å². The Morgan fingerprint density at radius 2 is 1.88 bits per heavy atom. The Labute approximate surface area is 103 Å². The van der Waals surface area contributed by atoms with E-state index in [1.54, 1.807) is 0 Å². The average molecular weight is 232 g/mol. The minimum Gasteiger partial charge on any atom is -0.302 e. The highest BCUT2D eigenvalue weighted by atomic mass is 16.1. The van der Waals surface area contributed by atoms with Crippen molar-refractivity contribution in [1.29, 1.82) is 0 Å². The molecule has 0 saturated carbocycles. The molecule has 0 unspecified atom stereocenters. The molecule has 0 aliphatic rings. The predicted octanol–water partition coefficient (Wildman–Crippen LogP) is 2.11. The van der Waals surface area contributed by atoms with E-state index in [-0.39, 0.29) is 0 Å². The summed E-state index contributed by atoms with van der Waals surface area (Å²) in [6, 6.07) is 10.2. The molecular weight excluding hydrogens is 212 g/mol. The number of hydrogen-bond acceptors (Lipinski definition) is 3. The van der Waals surface area contributed by atoms with Crippen LogP contribution in [-0.2, 0) is 11.3 Å². The molecule has 92 valence electrons. The van der Waals surface area contributed by atoms with Gasteiger partial charge in [0.2, 0.25) is 0 Å². The van der Waals surface area contributed by atoms with Gasteiger partial charge in [0, 0.05) is 19.6 Å². The van der Waals surface area contributed by atoms with Gasteiger partial charge in [0.05, 0.1) is 6.54 Å². The largest absolute Gasteiger partial charge is 0.302 e. The molecule has 0 N–H and O–H groups in total. The molecule has 0 aromatic heterocycles. The van der Waals surface area contributed by atoms with Crippen molar-refractivity contribution < 1.29 is 4.79 Å². The molecular formula is C14H20N2O. The number of nitrogens with zero attached hydrogens (tertiary/aromatic N) is 2. The summed E-state index contributed by atoms with van der Waals surface area (Å²) in [5.41, 5.74) is 1.21. The Morgan fingerprint density at radius 3 is 2.41 bits per heavy atom. The number of benzene rings is 1. The van der Waals surface area contributed by atoms with Gasteiger partial charge in [-0.1, -0.05) is 43.3 Å². The van der Waals surface area contributed by atoms with Crippen molar-refractivity contribution in [3.8, 4) is 0 Å². The zero-order valence-corrected chi connectivity index (χ0v) is 10.4. The van der Waals surface area contributed by atoms with E-state index in [4.69, 9.17) is 0 Å². The van der Waals surface area contributed by atoms with Gasteiger partial charge in [-0.15, -0.1) is 6.58 Å². The SMILES string of the molecule is C=CCN(CC)N(CC=O)Cc1ccccc1. The number of hydrogen-bond donors (Lipinski definition) is 0. The van der Waals surface area contributed by atoms with Crippen LogP contribution in [0.3, 0.4) is 0 Å². The van der Waals surface area contributed by atoms with Gasteiger partial charge in [0.1, 0.15) is 6.29 Å². The van der Waals surface area contributed by atoms with Gasteiger partial charge in [-0.05, 0) is 5.56 Å². The summed E-state index contributed by atoms with van der Waals surface area (Å²) in [6.07, 6.45) is 2.79. The molecule has 17 heavy (non-hydrogen) atoms. The van der Waals surface area contributed by atoms with Crippen LogP contribution < -0.4 is 0 Å². The Balaban J connectivity index is 2.70. The molecule has 0 fully saturated rings. The molecule has 0 aliphatic carbocycles. The van der Waals surface area contributed by atoms with Crippen molar-refractivity contribution >= 4 is 6.29 Å². The van der Waals surface area contributed by atoms with E-state index >= 15 is 0 Å². The van der Waals surface area contributed by atoms with E-state index in [9.17, 15) is 4.79 Å². The maximum atomic E-state index is 10.7. The molecule has 0 amide bonds. The van der Waals surface area contributed by atoms with Gasteiger partial charge >= 0.3 is 0 Å². The van der Waals surface area contributed by atoms with E-state index in [1.807, 2.05) is 29.3 Å². The van der Waals surface area contributed by atoms with Crippen LogP contribution in [0.25, 0.3) is 0 Å². The zero-order valence-electron chi connectivity index (χ0n) is 10.4. The first-order valence-corrected chi connectivity index (χ1v) is 5.90. The topological polar surface area (TPSA) is 23.6 Å². The molecule has 0 radical (unpaired) electrons. The fourth-order valence-electron chi connectivity index (χ4n) is 1.75. The van der Waals surface area contributed by atoms with Crippen molar-refractivity contribution in [2.24, 2.45) is 0 Å². The first-order chi connectivity index (χ1) is 8.31. The lowest BCUT2D eigenvalue weighted by molar-refractivity contribution is -0.114. The molecule has 0 aliphatic heterocycles. The van der Waals surface area contributed by atoms with Gasteiger partial charge in [0.15, 0.2) is 0 Å².